The van der Waals surface area contributed by atoms with Crippen molar-refractivity contribution in [2.45, 2.75) is 25.4 Å². The first-order valence-corrected chi connectivity index (χ1v) is 5.54. The van der Waals surface area contributed by atoms with Crippen LogP contribution in [0.5, 0.6) is 0 Å². The Kier molecular flexibility index (Phi) is 2.93. The van der Waals surface area contributed by atoms with Gasteiger partial charge in [0.05, 0.1) is 12.3 Å². The van der Waals surface area contributed by atoms with Crippen LogP contribution in [-0.4, -0.2) is 23.2 Å². The SMILES string of the molecule is OCc1nc(C2CCCNC2)cs1. The number of nitrogens with one attached hydrogen (secondary N) is 1. The van der Waals surface area contributed by atoms with E-state index >= 15 is 0 Å². The molecule has 4 heteroatoms. The Morgan fingerprint density at radius 3 is 3.23 bits per heavy atom. The molecule has 1 aromatic heterocycles. The van der Waals surface area contributed by atoms with E-state index in [2.05, 4.69) is 15.7 Å². The highest BCUT2D eigenvalue weighted by molar-refractivity contribution is 7.09. The summed E-state index contributed by atoms with van der Waals surface area (Å²) in [5, 5.41) is 15.2. The van der Waals surface area contributed by atoms with Crippen molar-refractivity contribution in [2.24, 2.45) is 0 Å². The Labute approximate surface area is 81.8 Å². The maximum absolute atomic E-state index is 8.88. The quantitative estimate of drug-likeness (QED) is 0.748. The van der Waals surface area contributed by atoms with Gasteiger partial charge in [0.2, 0.25) is 0 Å². The third-order valence-corrected chi connectivity index (χ3v) is 3.27. The van der Waals surface area contributed by atoms with Gasteiger partial charge in [0.15, 0.2) is 0 Å². The van der Waals surface area contributed by atoms with Crippen molar-refractivity contribution in [3.8, 4) is 0 Å². The summed E-state index contributed by atoms with van der Waals surface area (Å²) < 4.78 is 0. The van der Waals surface area contributed by atoms with Crippen LogP contribution in [-0.2, 0) is 6.61 Å². The van der Waals surface area contributed by atoms with Gasteiger partial charge >= 0.3 is 0 Å². The van der Waals surface area contributed by atoms with E-state index in [-0.39, 0.29) is 6.61 Å². The van der Waals surface area contributed by atoms with Crippen molar-refractivity contribution < 1.29 is 5.11 Å². The number of hydrogen-bond donors (Lipinski definition) is 2. The molecule has 1 aliphatic heterocycles. The van der Waals surface area contributed by atoms with Crippen molar-refractivity contribution in [2.75, 3.05) is 13.1 Å². The van der Waals surface area contributed by atoms with Gasteiger partial charge in [0, 0.05) is 17.8 Å². The Morgan fingerprint density at radius 2 is 2.62 bits per heavy atom. The average Bonchev–Trinajstić information content (AvgIpc) is 2.67. The zero-order valence-corrected chi connectivity index (χ0v) is 8.31. The van der Waals surface area contributed by atoms with Gasteiger partial charge in [-0.1, -0.05) is 0 Å². The van der Waals surface area contributed by atoms with Crippen LogP contribution < -0.4 is 5.32 Å². The molecule has 1 aliphatic rings. The van der Waals surface area contributed by atoms with Gasteiger partial charge in [-0.15, -0.1) is 11.3 Å². The zero-order valence-electron chi connectivity index (χ0n) is 7.49. The van der Waals surface area contributed by atoms with Crippen LogP contribution >= 0.6 is 11.3 Å². The Bertz CT molecular complexity index is 268. The highest BCUT2D eigenvalue weighted by Crippen LogP contribution is 2.24. The van der Waals surface area contributed by atoms with Crippen molar-refractivity contribution in [3.05, 3.63) is 16.1 Å². The molecule has 3 nitrogen and oxygen atoms in total. The molecule has 0 spiro atoms. The molecule has 0 aliphatic carbocycles. The molecule has 2 N–H and O–H groups in total. The summed E-state index contributed by atoms with van der Waals surface area (Å²) in [6.45, 7) is 2.24. The van der Waals surface area contributed by atoms with Gasteiger partial charge in [-0.3, -0.25) is 0 Å². The molecule has 2 rings (SSSR count). The van der Waals surface area contributed by atoms with Crippen molar-refractivity contribution in [1.82, 2.24) is 10.3 Å². The normalized spacial score (nSPS) is 23.3. The minimum atomic E-state index is 0.0742. The lowest BCUT2D eigenvalue weighted by Gasteiger charge is -2.20. The summed E-state index contributed by atoms with van der Waals surface area (Å²) in [4.78, 5) is 4.38. The number of thiazole rings is 1. The second-order valence-electron chi connectivity index (χ2n) is 3.37. The van der Waals surface area contributed by atoms with E-state index < -0.39 is 0 Å². The molecule has 0 saturated carbocycles. The number of aliphatic hydroxyl groups excluding tert-OH is 1. The summed E-state index contributed by atoms with van der Waals surface area (Å²) in [5.41, 5.74) is 1.15. The van der Waals surface area contributed by atoms with Crippen LogP contribution in [0, 0.1) is 0 Å². The van der Waals surface area contributed by atoms with Gasteiger partial charge in [0.1, 0.15) is 5.01 Å². The summed E-state index contributed by atoms with van der Waals surface area (Å²) in [6.07, 6.45) is 2.46. The maximum atomic E-state index is 8.88. The molecular weight excluding hydrogens is 184 g/mol. The molecule has 72 valence electrons. The Morgan fingerprint density at radius 1 is 1.69 bits per heavy atom. The smallest absolute Gasteiger partial charge is 0.118 e. The predicted octanol–water partition coefficient (Wildman–Crippen LogP) is 1.10. The molecule has 1 fully saturated rings. The number of nitrogens with zero attached hydrogens (tertiary/aromatic N) is 1. The molecule has 1 unspecified atom stereocenters. The summed E-state index contributed by atoms with van der Waals surface area (Å²) in [7, 11) is 0. The topological polar surface area (TPSA) is 45.2 Å². The van der Waals surface area contributed by atoms with Gasteiger partial charge in [-0.05, 0) is 19.4 Å². The molecule has 1 atom stereocenters. The number of hydrogen-bond acceptors (Lipinski definition) is 4. The van der Waals surface area contributed by atoms with E-state index in [4.69, 9.17) is 5.11 Å². The minimum absolute atomic E-state index is 0.0742. The van der Waals surface area contributed by atoms with Crippen LogP contribution in [0.15, 0.2) is 5.38 Å². The highest BCUT2D eigenvalue weighted by atomic mass is 32.1. The first-order chi connectivity index (χ1) is 6.40. The van der Waals surface area contributed by atoms with Crippen molar-refractivity contribution in [3.63, 3.8) is 0 Å². The second-order valence-corrected chi connectivity index (χ2v) is 4.31. The maximum Gasteiger partial charge on any atom is 0.118 e. The van der Waals surface area contributed by atoms with E-state index in [0.29, 0.717) is 5.92 Å². The predicted molar refractivity (Wildman–Crippen MR) is 52.9 cm³/mol. The summed E-state index contributed by atoms with van der Waals surface area (Å²) in [6, 6.07) is 0. The van der Waals surface area contributed by atoms with Crippen LogP contribution in [0.2, 0.25) is 0 Å². The Balaban J connectivity index is 2.05. The molecule has 0 bridgehead atoms. The number of piperidine rings is 1. The lowest BCUT2D eigenvalue weighted by atomic mass is 9.97. The van der Waals surface area contributed by atoms with E-state index in [1.54, 1.807) is 11.3 Å². The van der Waals surface area contributed by atoms with E-state index in [1.165, 1.54) is 12.8 Å². The molecule has 0 radical (unpaired) electrons. The van der Waals surface area contributed by atoms with E-state index in [9.17, 15) is 0 Å². The third-order valence-electron chi connectivity index (χ3n) is 2.42. The van der Waals surface area contributed by atoms with Crippen LogP contribution in [0.4, 0.5) is 0 Å². The Hall–Kier alpha value is -0.450. The monoisotopic (exact) mass is 198 g/mol. The van der Waals surface area contributed by atoms with Gasteiger partial charge < -0.3 is 10.4 Å². The second kappa shape index (κ2) is 4.17. The van der Waals surface area contributed by atoms with Crippen molar-refractivity contribution in [1.29, 1.82) is 0 Å². The first-order valence-electron chi connectivity index (χ1n) is 4.66. The summed E-state index contributed by atoms with van der Waals surface area (Å²) in [5.74, 6) is 0.560. The number of aromatic nitrogens is 1. The number of rotatable bonds is 2. The fraction of sp³-hybridized carbons (Fsp3) is 0.667. The van der Waals surface area contributed by atoms with Gasteiger partial charge in [-0.25, -0.2) is 4.98 Å². The number of aliphatic hydroxyl groups is 1. The molecule has 1 saturated heterocycles. The van der Waals surface area contributed by atoms with Crippen LogP contribution in [0.1, 0.15) is 29.5 Å². The highest BCUT2D eigenvalue weighted by Gasteiger charge is 2.17. The lowest BCUT2D eigenvalue weighted by molar-refractivity contribution is 0.280. The average molecular weight is 198 g/mol. The van der Waals surface area contributed by atoms with Crippen LogP contribution in [0.25, 0.3) is 0 Å². The zero-order chi connectivity index (χ0) is 9.10. The van der Waals surface area contributed by atoms with E-state index in [0.717, 1.165) is 23.8 Å². The fourth-order valence-corrected chi connectivity index (χ4v) is 2.42. The molecule has 1 aromatic rings. The molecule has 0 amide bonds. The first kappa shape index (κ1) is 9.12. The minimum Gasteiger partial charge on any atom is -0.389 e. The van der Waals surface area contributed by atoms with Crippen molar-refractivity contribution >= 4 is 11.3 Å². The van der Waals surface area contributed by atoms with Gasteiger partial charge in [-0.2, -0.15) is 0 Å². The standard InChI is InChI=1S/C9H14N2OS/c12-5-9-11-8(6-13-9)7-2-1-3-10-4-7/h6-7,10,12H,1-5H2. The van der Waals surface area contributed by atoms with Crippen LogP contribution in [0.3, 0.4) is 0 Å². The van der Waals surface area contributed by atoms with E-state index in [1.807, 2.05) is 0 Å². The molecular formula is C9H14N2OS. The summed E-state index contributed by atoms with van der Waals surface area (Å²) >= 11 is 1.55. The molecule has 0 aromatic carbocycles. The largest absolute Gasteiger partial charge is 0.389 e. The lowest BCUT2D eigenvalue weighted by Crippen LogP contribution is -2.28. The third kappa shape index (κ3) is 2.07. The molecule has 13 heavy (non-hydrogen) atoms. The van der Waals surface area contributed by atoms with Gasteiger partial charge in [0.25, 0.3) is 0 Å². The molecule has 2 heterocycles. The fourth-order valence-electron chi connectivity index (χ4n) is 1.69.